The van der Waals surface area contributed by atoms with Gasteiger partial charge in [0.2, 0.25) is 0 Å². The lowest BCUT2D eigenvalue weighted by atomic mass is 10.00. The highest BCUT2D eigenvalue weighted by molar-refractivity contribution is 5.84. The van der Waals surface area contributed by atoms with E-state index < -0.39 is 18.6 Å². The lowest BCUT2D eigenvalue weighted by molar-refractivity contribution is -0.138. The van der Waals surface area contributed by atoms with Gasteiger partial charge < -0.3 is 10.8 Å². The number of fused-ring (bicyclic) bond motifs is 1. The van der Waals surface area contributed by atoms with Crippen molar-refractivity contribution in [2.45, 2.75) is 18.6 Å². The third kappa shape index (κ3) is 2.92. The molecule has 96 valence electrons. The molecule has 0 aromatic heterocycles. The molecule has 0 aliphatic carbocycles. The number of phenolic OH excluding ortho intramolecular Hbond substituents is 1. The van der Waals surface area contributed by atoms with Crippen molar-refractivity contribution in [3.8, 4) is 5.75 Å². The molecule has 2 aromatic rings. The van der Waals surface area contributed by atoms with Gasteiger partial charge in [0.1, 0.15) is 5.75 Å². The molecule has 2 rings (SSSR count). The van der Waals surface area contributed by atoms with Crippen LogP contribution < -0.4 is 5.73 Å². The molecule has 5 heteroatoms. The maximum absolute atomic E-state index is 12.2. The molecule has 0 saturated carbocycles. The maximum Gasteiger partial charge on any atom is 0.390 e. The van der Waals surface area contributed by atoms with Gasteiger partial charge in [0.05, 0.1) is 6.42 Å². The van der Waals surface area contributed by atoms with E-state index in [9.17, 15) is 18.3 Å². The third-order valence-corrected chi connectivity index (χ3v) is 2.73. The summed E-state index contributed by atoms with van der Waals surface area (Å²) in [6.45, 7) is 0. The first-order valence-electron chi connectivity index (χ1n) is 5.40. The Morgan fingerprint density at radius 3 is 2.33 bits per heavy atom. The topological polar surface area (TPSA) is 46.2 Å². The summed E-state index contributed by atoms with van der Waals surface area (Å²) in [6.07, 6.45) is -5.32. The summed E-state index contributed by atoms with van der Waals surface area (Å²) in [7, 11) is 0. The average molecular weight is 255 g/mol. The van der Waals surface area contributed by atoms with Crippen LogP contribution in [0.4, 0.5) is 13.2 Å². The molecule has 2 aromatic carbocycles. The molecule has 0 fully saturated rings. The second-order valence-corrected chi connectivity index (χ2v) is 4.22. The van der Waals surface area contributed by atoms with E-state index in [1.54, 1.807) is 30.3 Å². The Labute approximate surface area is 102 Å². The number of halogens is 3. The molecule has 0 bridgehead atoms. The molecule has 0 heterocycles. The minimum atomic E-state index is -4.27. The monoisotopic (exact) mass is 255 g/mol. The molecule has 0 unspecified atom stereocenters. The van der Waals surface area contributed by atoms with E-state index in [2.05, 4.69) is 0 Å². The van der Waals surface area contributed by atoms with Crippen LogP contribution in [-0.2, 0) is 0 Å². The first-order chi connectivity index (χ1) is 8.35. The summed E-state index contributed by atoms with van der Waals surface area (Å²) in [4.78, 5) is 0. The van der Waals surface area contributed by atoms with Gasteiger partial charge in [0.15, 0.2) is 0 Å². The number of rotatable bonds is 2. The van der Waals surface area contributed by atoms with Crippen LogP contribution in [0.5, 0.6) is 5.75 Å². The van der Waals surface area contributed by atoms with E-state index in [1.165, 1.54) is 6.07 Å². The fourth-order valence-corrected chi connectivity index (χ4v) is 1.85. The summed E-state index contributed by atoms with van der Waals surface area (Å²) in [5, 5.41) is 10.8. The highest BCUT2D eigenvalue weighted by atomic mass is 19.4. The number of aromatic hydroxyl groups is 1. The van der Waals surface area contributed by atoms with Crippen molar-refractivity contribution in [1.29, 1.82) is 0 Å². The Morgan fingerprint density at radius 2 is 1.67 bits per heavy atom. The van der Waals surface area contributed by atoms with Crippen LogP contribution in [0.15, 0.2) is 36.4 Å². The van der Waals surface area contributed by atoms with Crippen LogP contribution >= 0.6 is 0 Å². The van der Waals surface area contributed by atoms with Crippen LogP contribution in [-0.4, -0.2) is 11.3 Å². The first kappa shape index (κ1) is 12.7. The molecule has 0 aliphatic heterocycles. The number of nitrogens with two attached hydrogens (primary N) is 1. The SMILES string of the molecule is N[C@H](CC(F)(F)F)c1ccc2cc(O)ccc2c1. The molecule has 0 radical (unpaired) electrons. The fraction of sp³-hybridized carbons (Fsp3) is 0.231. The highest BCUT2D eigenvalue weighted by Crippen LogP contribution is 2.30. The standard InChI is InChI=1S/C13H12F3NO/c14-13(15,16)7-12(17)10-2-1-9-6-11(18)4-3-8(9)5-10/h1-6,12,18H,7,17H2/t12-/m1/s1. The van der Waals surface area contributed by atoms with Gasteiger partial charge in [-0.05, 0) is 34.5 Å². The van der Waals surface area contributed by atoms with Crippen LogP contribution in [0, 0.1) is 0 Å². The lowest BCUT2D eigenvalue weighted by Gasteiger charge is -2.15. The zero-order valence-electron chi connectivity index (χ0n) is 9.41. The summed E-state index contributed by atoms with van der Waals surface area (Å²) < 4.78 is 36.7. The van der Waals surface area contributed by atoms with E-state index in [-0.39, 0.29) is 5.75 Å². The largest absolute Gasteiger partial charge is 0.508 e. The van der Waals surface area contributed by atoms with Crippen LogP contribution in [0.1, 0.15) is 18.0 Å². The molecular weight excluding hydrogens is 243 g/mol. The predicted molar refractivity (Wildman–Crippen MR) is 63.2 cm³/mol. The quantitative estimate of drug-likeness (QED) is 0.862. The normalized spacial score (nSPS) is 13.8. The zero-order valence-corrected chi connectivity index (χ0v) is 9.41. The number of phenols is 1. The van der Waals surface area contributed by atoms with Crippen molar-refractivity contribution in [2.24, 2.45) is 5.73 Å². The van der Waals surface area contributed by atoms with Crippen molar-refractivity contribution in [1.82, 2.24) is 0 Å². The van der Waals surface area contributed by atoms with E-state index >= 15 is 0 Å². The van der Waals surface area contributed by atoms with Crippen LogP contribution in [0.2, 0.25) is 0 Å². The van der Waals surface area contributed by atoms with E-state index in [1.807, 2.05) is 0 Å². The number of alkyl halides is 3. The third-order valence-electron chi connectivity index (χ3n) is 2.73. The molecule has 0 spiro atoms. The minimum Gasteiger partial charge on any atom is -0.508 e. The van der Waals surface area contributed by atoms with Crippen molar-refractivity contribution < 1.29 is 18.3 Å². The lowest BCUT2D eigenvalue weighted by Crippen LogP contribution is -2.20. The van der Waals surface area contributed by atoms with Crippen molar-refractivity contribution in [2.75, 3.05) is 0 Å². The van der Waals surface area contributed by atoms with E-state index in [0.29, 0.717) is 5.56 Å². The van der Waals surface area contributed by atoms with Crippen molar-refractivity contribution >= 4 is 10.8 Å². The molecule has 0 aliphatic rings. The van der Waals surface area contributed by atoms with Crippen molar-refractivity contribution in [3.63, 3.8) is 0 Å². The second-order valence-electron chi connectivity index (χ2n) is 4.22. The second kappa shape index (κ2) is 4.49. The smallest absolute Gasteiger partial charge is 0.390 e. The van der Waals surface area contributed by atoms with E-state index in [4.69, 9.17) is 5.73 Å². The Kier molecular flexibility index (Phi) is 3.17. The summed E-state index contributed by atoms with van der Waals surface area (Å²) in [5.74, 6) is 0.120. The Morgan fingerprint density at radius 1 is 1.06 bits per heavy atom. The Bertz CT molecular complexity index is 566. The van der Waals surface area contributed by atoms with Gasteiger partial charge in [0, 0.05) is 6.04 Å². The molecule has 0 saturated heterocycles. The molecule has 1 atom stereocenters. The van der Waals surface area contributed by atoms with E-state index in [0.717, 1.165) is 10.8 Å². The highest BCUT2D eigenvalue weighted by Gasteiger charge is 2.30. The zero-order chi connectivity index (χ0) is 13.3. The van der Waals surface area contributed by atoms with Crippen LogP contribution in [0.3, 0.4) is 0 Å². The van der Waals surface area contributed by atoms with Gasteiger partial charge in [-0.1, -0.05) is 18.2 Å². The number of hydrogen-bond donors (Lipinski definition) is 2. The molecule has 2 nitrogen and oxygen atoms in total. The fourth-order valence-electron chi connectivity index (χ4n) is 1.85. The Hall–Kier alpha value is -1.75. The van der Waals surface area contributed by atoms with Gasteiger partial charge in [-0.25, -0.2) is 0 Å². The minimum absolute atomic E-state index is 0.120. The maximum atomic E-state index is 12.2. The van der Waals surface area contributed by atoms with Gasteiger partial charge in [-0.2, -0.15) is 13.2 Å². The molecule has 0 amide bonds. The van der Waals surface area contributed by atoms with Gasteiger partial charge >= 0.3 is 6.18 Å². The van der Waals surface area contributed by atoms with Gasteiger partial charge in [0.25, 0.3) is 0 Å². The Balaban J connectivity index is 2.32. The molecule has 18 heavy (non-hydrogen) atoms. The van der Waals surface area contributed by atoms with Gasteiger partial charge in [-0.15, -0.1) is 0 Å². The molecular formula is C13H12F3NO. The van der Waals surface area contributed by atoms with Crippen molar-refractivity contribution in [3.05, 3.63) is 42.0 Å². The van der Waals surface area contributed by atoms with Crippen LogP contribution in [0.25, 0.3) is 10.8 Å². The average Bonchev–Trinajstić information content (AvgIpc) is 2.26. The van der Waals surface area contributed by atoms with Gasteiger partial charge in [-0.3, -0.25) is 0 Å². The predicted octanol–water partition coefficient (Wildman–Crippen LogP) is 3.50. The number of benzene rings is 2. The summed E-state index contributed by atoms with van der Waals surface area (Å²) in [5.41, 5.74) is 5.97. The molecule has 3 N–H and O–H groups in total. The first-order valence-corrected chi connectivity index (χ1v) is 5.40. The number of hydrogen-bond acceptors (Lipinski definition) is 2. The summed E-state index contributed by atoms with van der Waals surface area (Å²) in [6, 6.07) is 8.44. The summed E-state index contributed by atoms with van der Waals surface area (Å²) >= 11 is 0.